The molecule has 1 aliphatic rings. The molecule has 0 saturated heterocycles. The van der Waals surface area contributed by atoms with Gasteiger partial charge in [0.25, 0.3) is 0 Å². The molecule has 0 bridgehead atoms. The third kappa shape index (κ3) is 6.47. The Labute approximate surface area is 187 Å². The first-order chi connectivity index (χ1) is 15.2. The van der Waals surface area contributed by atoms with Gasteiger partial charge in [0.1, 0.15) is 0 Å². The molecule has 1 fully saturated rings. The molecule has 1 saturated carbocycles. The van der Waals surface area contributed by atoms with Crippen LogP contribution in [0.15, 0.2) is 36.4 Å². The number of hydrogen-bond acceptors (Lipinski definition) is 4. The zero-order valence-corrected chi connectivity index (χ0v) is 19.4. The van der Waals surface area contributed by atoms with Crippen LogP contribution >= 0.6 is 0 Å². The summed E-state index contributed by atoms with van der Waals surface area (Å²) in [6, 6.07) is 12.3. The van der Waals surface area contributed by atoms with E-state index in [1.807, 2.05) is 12.1 Å². The molecule has 0 aliphatic heterocycles. The van der Waals surface area contributed by atoms with Crippen LogP contribution in [0, 0.1) is 12.8 Å². The number of aryl methyl sites for hydroxylation is 1. The molecule has 3 rings (SSSR count). The summed E-state index contributed by atoms with van der Waals surface area (Å²) in [4.78, 5) is 14.2. The largest absolute Gasteiger partial charge is 0.336 e. The molecular weight excluding hydrogens is 388 g/mol. The first-order valence-electron chi connectivity index (χ1n) is 11.9. The minimum absolute atomic E-state index is 0.224. The Morgan fingerprint density at radius 2 is 1.68 bits per heavy atom. The second-order valence-corrected chi connectivity index (χ2v) is 9.00. The monoisotopic (exact) mass is 426 g/mol. The second-order valence-electron chi connectivity index (χ2n) is 9.00. The van der Waals surface area contributed by atoms with E-state index in [0.29, 0.717) is 11.7 Å². The van der Waals surface area contributed by atoms with Gasteiger partial charge in [0.05, 0.1) is 7.11 Å². The number of hydrogen-bond donors (Lipinski definition) is 1. The van der Waals surface area contributed by atoms with Crippen molar-refractivity contribution in [2.75, 3.05) is 7.11 Å². The van der Waals surface area contributed by atoms with Gasteiger partial charge in [-0.3, -0.25) is 0 Å². The average molecular weight is 427 g/mol. The van der Waals surface area contributed by atoms with Crippen LogP contribution in [0.25, 0.3) is 11.1 Å². The third-order valence-electron chi connectivity index (χ3n) is 6.81. The molecule has 4 nitrogen and oxygen atoms in total. The Balaban J connectivity index is 1.60. The Bertz CT molecular complexity index is 809. The minimum atomic E-state index is 0.224. The van der Waals surface area contributed by atoms with Crippen LogP contribution in [-0.4, -0.2) is 12.4 Å². The van der Waals surface area contributed by atoms with Crippen LogP contribution in [0.5, 0.6) is 11.5 Å². The molecule has 2 aromatic rings. The zero-order valence-electron chi connectivity index (χ0n) is 19.4. The highest BCUT2D eigenvalue weighted by Gasteiger charge is 2.22. The van der Waals surface area contributed by atoms with E-state index in [4.69, 9.17) is 15.0 Å². The van der Waals surface area contributed by atoms with Gasteiger partial charge in [-0.2, -0.15) is 4.89 Å². The molecule has 0 amide bonds. The summed E-state index contributed by atoms with van der Waals surface area (Å²) in [6.45, 7) is 4.44. The minimum Gasteiger partial charge on any atom is -0.336 e. The van der Waals surface area contributed by atoms with E-state index in [9.17, 15) is 0 Å². The van der Waals surface area contributed by atoms with Crippen molar-refractivity contribution in [1.29, 1.82) is 0 Å². The van der Waals surface area contributed by atoms with E-state index < -0.39 is 0 Å². The lowest BCUT2D eigenvalue weighted by Crippen LogP contribution is -2.13. The maximum absolute atomic E-state index is 9.01. The van der Waals surface area contributed by atoms with Gasteiger partial charge in [-0.1, -0.05) is 69.7 Å². The van der Waals surface area contributed by atoms with E-state index in [0.717, 1.165) is 17.0 Å². The Hall–Kier alpha value is -2.04. The smallest absolute Gasteiger partial charge is 0.211 e. The van der Waals surface area contributed by atoms with Crippen LogP contribution in [0.3, 0.4) is 0 Å². The van der Waals surface area contributed by atoms with Crippen molar-refractivity contribution in [3.8, 4) is 22.6 Å². The fraction of sp³-hybridized carbons (Fsp3) is 0.556. The molecule has 0 aromatic heterocycles. The standard InChI is InChI=1S/C27H38O4/c1-4-5-6-7-8-9-21-10-12-22(13-11-21)23-14-16-25(20(2)18-23)24-15-17-26(30-28)27(19-24)31-29-3/h14-19,21-22,28H,4-13H2,1-3H3. The van der Waals surface area contributed by atoms with Gasteiger partial charge in [0.2, 0.25) is 11.5 Å². The third-order valence-corrected chi connectivity index (χ3v) is 6.81. The molecule has 4 heteroatoms. The van der Waals surface area contributed by atoms with Crippen LogP contribution in [-0.2, 0) is 4.89 Å². The molecule has 1 N–H and O–H groups in total. The molecule has 0 atom stereocenters. The molecule has 0 unspecified atom stereocenters. The summed E-state index contributed by atoms with van der Waals surface area (Å²) in [6.07, 6.45) is 13.8. The van der Waals surface area contributed by atoms with Crippen LogP contribution in [0.2, 0.25) is 0 Å². The summed E-state index contributed by atoms with van der Waals surface area (Å²) >= 11 is 0. The highest BCUT2D eigenvalue weighted by molar-refractivity contribution is 5.70. The Morgan fingerprint density at radius 3 is 2.35 bits per heavy atom. The predicted octanol–water partition coefficient (Wildman–Crippen LogP) is 8.09. The van der Waals surface area contributed by atoms with Crippen molar-refractivity contribution >= 4 is 0 Å². The predicted molar refractivity (Wildman–Crippen MR) is 126 cm³/mol. The van der Waals surface area contributed by atoms with Gasteiger partial charge >= 0.3 is 0 Å². The summed E-state index contributed by atoms with van der Waals surface area (Å²) < 4.78 is 0. The number of unbranched alkanes of at least 4 members (excludes halogenated alkanes) is 4. The quantitative estimate of drug-likeness (QED) is 0.224. The highest BCUT2D eigenvalue weighted by Crippen LogP contribution is 2.40. The van der Waals surface area contributed by atoms with Crippen molar-refractivity contribution in [2.24, 2.45) is 5.92 Å². The topological polar surface area (TPSA) is 47.9 Å². The van der Waals surface area contributed by atoms with Crippen molar-refractivity contribution in [2.45, 2.75) is 84.0 Å². The van der Waals surface area contributed by atoms with E-state index in [2.05, 4.69) is 36.9 Å². The molecule has 0 heterocycles. The lowest BCUT2D eigenvalue weighted by molar-refractivity contribution is -0.189. The van der Waals surface area contributed by atoms with E-state index in [1.165, 1.54) is 82.4 Å². The van der Waals surface area contributed by atoms with Crippen molar-refractivity contribution in [3.05, 3.63) is 47.5 Å². The molecule has 1 aliphatic carbocycles. The molecule has 0 radical (unpaired) electrons. The molecular formula is C27H38O4. The molecule has 31 heavy (non-hydrogen) atoms. The highest BCUT2D eigenvalue weighted by atomic mass is 17.2. The number of rotatable bonds is 11. The van der Waals surface area contributed by atoms with Crippen LogP contribution in [0.4, 0.5) is 0 Å². The summed E-state index contributed by atoms with van der Waals surface area (Å²) in [5.74, 6) is 2.19. The lowest BCUT2D eigenvalue weighted by Gasteiger charge is -2.29. The van der Waals surface area contributed by atoms with Gasteiger partial charge in [0.15, 0.2) is 0 Å². The maximum Gasteiger partial charge on any atom is 0.211 e. The molecule has 0 spiro atoms. The lowest BCUT2D eigenvalue weighted by atomic mass is 9.76. The van der Waals surface area contributed by atoms with Gasteiger partial charge in [0, 0.05) is 0 Å². The SMILES string of the molecule is CCCCCCCC1CCC(c2ccc(-c3ccc(OO)c(OOC)c3)c(C)c2)CC1. The van der Waals surface area contributed by atoms with Crippen LogP contribution in [0.1, 0.15) is 88.2 Å². The second kappa shape index (κ2) is 12.1. The van der Waals surface area contributed by atoms with Gasteiger partial charge in [-0.05, 0) is 78.8 Å². The zero-order chi connectivity index (χ0) is 22.1. The van der Waals surface area contributed by atoms with E-state index >= 15 is 0 Å². The van der Waals surface area contributed by atoms with Gasteiger partial charge in [-0.25, -0.2) is 5.26 Å². The fourth-order valence-corrected chi connectivity index (χ4v) is 4.99. The summed E-state index contributed by atoms with van der Waals surface area (Å²) in [5, 5.41) is 9.01. The van der Waals surface area contributed by atoms with Crippen LogP contribution < -0.4 is 9.78 Å². The Morgan fingerprint density at radius 1 is 0.903 bits per heavy atom. The van der Waals surface area contributed by atoms with E-state index in [-0.39, 0.29) is 5.75 Å². The van der Waals surface area contributed by atoms with E-state index in [1.54, 1.807) is 6.07 Å². The maximum atomic E-state index is 9.01. The fourth-order valence-electron chi connectivity index (χ4n) is 4.99. The Kier molecular flexibility index (Phi) is 9.23. The normalized spacial score (nSPS) is 18.7. The average Bonchev–Trinajstić information content (AvgIpc) is 2.79. The summed E-state index contributed by atoms with van der Waals surface area (Å²) in [7, 11) is 1.43. The number of benzene rings is 2. The van der Waals surface area contributed by atoms with Crippen molar-refractivity contribution in [3.63, 3.8) is 0 Å². The first kappa shape index (κ1) is 23.6. The molecule has 2 aromatic carbocycles. The van der Waals surface area contributed by atoms with Gasteiger partial charge in [-0.15, -0.1) is 0 Å². The first-order valence-corrected chi connectivity index (χ1v) is 11.9. The molecule has 170 valence electrons. The van der Waals surface area contributed by atoms with Crippen molar-refractivity contribution < 1.29 is 19.9 Å². The van der Waals surface area contributed by atoms with Crippen molar-refractivity contribution in [1.82, 2.24) is 0 Å². The van der Waals surface area contributed by atoms with Gasteiger partial charge < -0.3 is 9.78 Å². The summed E-state index contributed by atoms with van der Waals surface area (Å²) in [5.41, 5.74) is 4.86.